The van der Waals surface area contributed by atoms with Crippen LogP contribution < -0.4 is 0 Å². The predicted octanol–water partition coefficient (Wildman–Crippen LogP) is 3.48. The lowest BCUT2D eigenvalue weighted by atomic mass is 9.91. The highest BCUT2D eigenvalue weighted by Gasteiger charge is 2.33. The average molecular weight is 328 g/mol. The molecular formula is C19H37NO3. The van der Waals surface area contributed by atoms with E-state index in [9.17, 15) is 0 Å². The van der Waals surface area contributed by atoms with Gasteiger partial charge in [0.15, 0.2) is 0 Å². The Morgan fingerprint density at radius 2 is 1.65 bits per heavy atom. The third kappa shape index (κ3) is 6.69. The standard InChI is InChI=1S/C19H37NO3/c1-14(2)20-12-16(13-20)9-15(3)21-7-8-22-17-10-18(11-17)23-19(4,5)6/h14-18H,7-13H2,1-6H3. The molecule has 0 aromatic carbocycles. The molecule has 0 amide bonds. The van der Waals surface area contributed by atoms with Crippen molar-refractivity contribution in [2.24, 2.45) is 5.92 Å². The minimum absolute atomic E-state index is 0.0408. The van der Waals surface area contributed by atoms with E-state index in [1.807, 2.05) is 0 Å². The highest BCUT2D eigenvalue weighted by molar-refractivity contribution is 4.84. The first-order chi connectivity index (χ1) is 10.7. The van der Waals surface area contributed by atoms with E-state index >= 15 is 0 Å². The van der Waals surface area contributed by atoms with E-state index in [0.717, 1.165) is 18.8 Å². The second-order valence-corrected chi connectivity index (χ2v) is 8.65. The normalized spacial score (nSPS) is 27.8. The molecule has 4 heteroatoms. The summed E-state index contributed by atoms with van der Waals surface area (Å²) in [6, 6.07) is 0.685. The van der Waals surface area contributed by atoms with Gasteiger partial charge in [-0.25, -0.2) is 0 Å². The summed E-state index contributed by atoms with van der Waals surface area (Å²) in [7, 11) is 0. The third-order valence-electron chi connectivity index (χ3n) is 4.79. The second-order valence-electron chi connectivity index (χ2n) is 8.65. The third-order valence-corrected chi connectivity index (χ3v) is 4.79. The van der Waals surface area contributed by atoms with Gasteiger partial charge in [-0.15, -0.1) is 0 Å². The Labute approximate surface area is 142 Å². The van der Waals surface area contributed by atoms with Crippen LogP contribution >= 0.6 is 0 Å². The van der Waals surface area contributed by atoms with Gasteiger partial charge in [-0.1, -0.05) is 0 Å². The summed E-state index contributed by atoms with van der Waals surface area (Å²) < 4.78 is 17.7. The molecule has 0 spiro atoms. The molecule has 0 bridgehead atoms. The lowest BCUT2D eigenvalue weighted by Crippen LogP contribution is -2.51. The summed E-state index contributed by atoms with van der Waals surface area (Å²) in [5.74, 6) is 0.815. The molecule has 1 saturated heterocycles. The molecule has 1 unspecified atom stereocenters. The molecule has 0 radical (unpaired) electrons. The van der Waals surface area contributed by atoms with Crippen LogP contribution in [-0.4, -0.2) is 61.2 Å². The minimum atomic E-state index is -0.0408. The molecule has 2 rings (SSSR count). The van der Waals surface area contributed by atoms with Crippen molar-refractivity contribution >= 4 is 0 Å². The van der Waals surface area contributed by atoms with E-state index < -0.39 is 0 Å². The molecule has 0 N–H and O–H groups in total. The fourth-order valence-corrected chi connectivity index (χ4v) is 3.43. The first kappa shape index (κ1) is 19.2. The van der Waals surface area contributed by atoms with Gasteiger partial charge in [0.2, 0.25) is 0 Å². The van der Waals surface area contributed by atoms with Gasteiger partial charge < -0.3 is 19.1 Å². The molecule has 2 aliphatic rings. The highest BCUT2D eigenvalue weighted by atomic mass is 16.5. The van der Waals surface area contributed by atoms with Gasteiger partial charge in [0, 0.05) is 19.1 Å². The quantitative estimate of drug-likeness (QED) is 0.607. The minimum Gasteiger partial charge on any atom is -0.376 e. The van der Waals surface area contributed by atoms with Crippen LogP contribution in [-0.2, 0) is 14.2 Å². The van der Waals surface area contributed by atoms with Crippen LogP contribution in [0.4, 0.5) is 0 Å². The van der Waals surface area contributed by atoms with Gasteiger partial charge in [-0.3, -0.25) is 0 Å². The molecule has 1 aliphatic carbocycles. The molecular weight excluding hydrogens is 290 g/mol. The lowest BCUT2D eigenvalue weighted by molar-refractivity contribution is -0.154. The zero-order valence-electron chi connectivity index (χ0n) is 16.0. The Morgan fingerprint density at radius 3 is 2.22 bits per heavy atom. The van der Waals surface area contributed by atoms with E-state index in [2.05, 4.69) is 46.4 Å². The topological polar surface area (TPSA) is 30.9 Å². The zero-order chi connectivity index (χ0) is 17.0. The van der Waals surface area contributed by atoms with Crippen molar-refractivity contribution in [3.8, 4) is 0 Å². The van der Waals surface area contributed by atoms with E-state index in [1.54, 1.807) is 0 Å². The zero-order valence-corrected chi connectivity index (χ0v) is 16.0. The highest BCUT2D eigenvalue weighted by Crippen LogP contribution is 2.30. The van der Waals surface area contributed by atoms with Crippen LogP contribution in [0.2, 0.25) is 0 Å². The number of ether oxygens (including phenoxy) is 3. The van der Waals surface area contributed by atoms with E-state index in [-0.39, 0.29) is 5.60 Å². The molecule has 4 nitrogen and oxygen atoms in total. The fraction of sp³-hybridized carbons (Fsp3) is 1.00. The smallest absolute Gasteiger partial charge is 0.0704 e. The Hall–Kier alpha value is -0.160. The van der Waals surface area contributed by atoms with Gasteiger partial charge >= 0.3 is 0 Å². The summed E-state index contributed by atoms with van der Waals surface area (Å²) in [5.41, 5.74) is -0.0408. The van der Waals surface area contributed by atoms with Gasteiger partial charge in [0.05, 0.1) is 37.1 Å². The lowest BCUT2D eigenvalue weighted by Gasteiger charge is -2.43. The van der Waals surface area contributed by atoms with Gasteiger partial charge in [0.25, 0.3) is 0 Å². The van der Waals surface area contributed by atoms with Gasteiger partial charge in [-0.05, 0) is 66.7 Å². The number of rotatable bonds is 9. The Morgan fingerprint density at radius 1 is 1.00 bits per heavy atom. The molecule has 0 aromatic rings. The molecule has 23 heavy (non-hydrogen) atoms. The van der Waals surface area contributed by atoms with Crippen molar-refractivity contribution in [2.45, 2.75) is 90.8 Å². The molecule has 1 heterocycles. The van der Waals surface area contributed by atoms with Crippen LogP contribution in [0.1, 0.15) is 60.8 Å². The predicted molar refractivity (Wildman–Crippen MR) is 93.8 cm³/mol. The monoisotopic (exact) mass is 327 g/mol. The SMILES string of the molecule is CC(CC1CN(C(C)C)C1)OCCOC1CC(OC(C)(C)C)C1. The van der Waals surface area contributed by atoms with Crippen molar-refractivity contribution in [3.05, 3.63) is 0 Å². The van der Waals surface area contributed by atoms with Crippen LogP contribution in [0.3, 0.4) is 0 Å². The first-order valence-electron chi connectivity index (χ1n) is 9.38. The van der Waals surface area contributed by atoms with Crippen molar-refractivity contribution in [1.29, 1.82) is 0 Å². The summed E-state index contributed by atoms with van der Waals surface area (Å²) >= 11 is 0. The largest absolute Gasteiger partial charge is 0.376 e. The maximum Gasteiger partial charge on any atom is 0.0704 e. The summed E-state index contributed by atoms with van der Waals surface area (Å²) in [6.07, 6.45) is 4.32. The number of hydrogen-bond acceptors (Lipinski definition) is 4. The Kier molecular flexibility index (Phi) is 6.90. The van der Waals surface area contributed by atoms with Gasteiger partial charge in [0.1, 0.15) is 0 Å². The van der Waals surface area contributed by atoms with Crippen molar-refractivity contribution in [3.63, 3.8) is 0 Å². The maximum absolute atomic E-state index is 5.92. The summed E-state index contributed by atoms with van der Waals surface area (Å²) in [4.78, 5) is 2.52. The molecule has 136 valence electrons. The second kappa shape index (κ2) is 8.28. The Balaban J connectivity index is 1.43. The molecule has 1 saturated carbocycles. The molecule has 0 aromatic heterocycles. The van der Waals surface area contributed by atoms with Crippen molar-refractivity contribution in [2.75, 3.05) is 26.3 Å². The Bertz CT molecular complexity index is 341. The van der Waals surface area contributed by atoms with Crippen LogP contribution in [0, 0.1) is 5.92 Å². The van der Waals surface area contributed by atoms with Gasteiger partial charge in [-0.2, -0.15) is 0 Å². The fourth-order valence-electron chi connectivity index (χ4n) is 3.43. The van der Waals surface area contributed by atoms with Crippen molar-refractivity contribution < 1.29 is 14.2 Å². The van der Waals surface area contributed by atoms with E-state index in [1.165, 1.54) is 19.5 Å². The van der Waals surface area contributed by atoms with Crippen molar-refractivity contribution in [1.82, 2.24) is 4.90 Å². The number of nitrogens with zero attached hydrogens (tertiary/aromatic N) is 1. The average Bonchev–Trinajstić information content (AvgIpc) is 2.32. The number of hydrogen-bond donors (Lipinski definition) is 0. The summed E-state index contributed by atoms with van der Waals surface area (Å²) in [6.45, 7) is 16.9. The summed E-state index contributed by atoms with van der Waals surface area (Å²) in [5, 5.41) is 0. The first-order valence-corrected chi connectivity index (χ1v) is 9.38. The van der Waals surface area contributed by atoms with Crippen LogP contribution in [0.15, 0.2) is 0 Å². The molecule has 2 fully saturated rings. The molecule has 1 aliphatic heterocycles. The van der Waals surface area contributed by atoms with E-state index in [4.69, 9.17) is 14.2 Å². The van der Waals surface area contributed by atoms with Crippen LogP contribution in [0.5, 0.6) is 0 Å². The number of likely N-dealkylation sites (tertiary alicyclic amines) is 1. The van der Waals surface area contributed by atoms with Crippen LogP contribution in [0.25, 0.3) is 0 Å². The maximum atomic E-state index is 5.92. The van der Waals surface area contributed by atoms with E-state index in [0.29, 0.717) is 37.6 Å². The molecule has 1 atom stereocenters.